The number of halogens is 3. The molecule has 1 atom stereocenters. The van der Waals surface area contributed by atoms with Gasteiger partial charge < -0.3 is 10.2 Å². The van der Waals surface area contributed by atoms with Crippen molar-refractivity contribution in [2.45, 2.75) is 18.9 Å². The monoisotopic (exact) mass is 354 g/mol. The van der Waals surface area contributed by atoms with Gasteiger partial charge in [0.1, 0.15) is 5.69 Å². The van der Waals surface area contributed by atoms with Gasteiger partial charge in [0.15, 0.2) is 0 Å². The molecule has 24 heavy (non-hydrogen) atoms. The van der Waals surface area contributed by atoms with E-state index in [0.29, 0.717) is 11.6 Å². The summed E-state index contributed by atoms with van der Waals surface area (Å²) >= 11 is 5.88. The van der Waals surface area contributed by atoms with Gasteiger partial charge >= 0.3 is 0 Å². The van der Waals surface area contributed by atoms with Gasteiger partial charge in [-0.15, -0.1) is 0 Å². The van der Waals surface area contributed by atoms with Crippen molar-refractivity contribution in [1.29, 1.82) is 0 Å². The first-order valence-electron chi connectivity index (χ1n) is 7.57. The fourth-order valence-electron chi connectivity index (χ4n) is 2.87. The van der Waals surface area contributed by atoms with Crippen LogP contribution >= 0.6 is 11.6 Å². The Morgan fingerprint density at radius 3 is 2.75 bits per heavy atom. The molecule has 1 aliphatic rings. The van der Waals surface area contributed by atoms with Crippen LogP contribution < -0.4 is 10.2 Å². The molecule has 0 spiro atoms. The van der Waals surface area contributed by atoms with E-state index in [2.05, 4.69) is 15.3 Å². The second kappa shape index (κ2) is 6.76. The Kier molecular flexibility index (Phi) is 4.71. The van der Waals surface area contributed by atoms with E-state index in [0.717, 1.165) is 18.7 Å². The summed E-state index contributed by atoms with van der Waals surface area (Å²) in [6.45, 7) is 1.40. The summed E-state index contributed by atoms with van der Waals surface area (Å²) in [4.78, 5) is 14.4. The SMILES string of the molecule is Cn1cc(C(=O)NC2CCN(c3ccc(Cl)cc3)C2)c(C(F)F)n1. The van der Waals surface area contributed by atoms with Crippen LogP contribution in [0.25, 0.3) is 0 Å². The van der Waals surface area contributed by atoms with E-state index in [1.807, 2.05) is 24.3 Å². The van der Waals surface area contributed by atoms with E-state index in [-0.39, 0.29) is 11.6 Å². The van der Waals surface area contributed by atoms with Gasteiger partial charge in [-0.1, -0.05) is 11.6 Å². The highest BCUT2D eigenvalue weighted by Gasteiger charge is 2.28. The van der Waals surface area contributed by atoms with E-state index in [9.17, 15) is 13.6 Å². The van der Waals surface area contributed by atoms with Crippen LogP contribution in [0, 0.1) is 0 Å². The number of hydrogen-bond acceptors (Lipinski definition) is 3. The molecule has 0 aliphatic carbocycles. The van der Waals surface area contributed by atoms with Crippen LogP contribution in [0.3, 0.4) is 0 Å². The number of hydrogen-bond donors (Lipinski definition) is 1. The van der Waals surface area contributed by atoms with Gasteiger partial charge in [0.05, 0.1) is 5.56 Å². The van der Waals surface area contributed by atoms with Gasteiger partial charge in [-0.3, -0.25) is 9.48 Å². The molecule has 1 saturated heterocycles. The first-order valence-corrected chi connectivity index (χ1v) is 7.95. The number of amides is 1. The zero-order chi connectivity index (χ0) is 17.3. The fraction of sp³-hybridized carbons (Fsp3) is 0.375. The van der Waals surface area contributed by atoms with Crippen LogP contribution in [0.5, 0.6) is 0 Å². The highest BCUT2D eigenvalue weighted by Crippen LogP contribution is 2.24. The average Bonchev–Trinajstić information content (AvgIpc) is 3.15. The van der Waals surface area contributed by atoms with E-state index >= 15 is 0 Å². The number of nitrogens with zero attached hydrogens (tertiary/aromatic N) is 3. The molecule has 1 N–H and O–H groups in total. The summed E-state index contributed by atoms with van der Waals surface area (Å²) in [5.41, 5.74) is 0.464. The Bertz CT molecular complexity index is 732. The van der Waals surface area contributed by atoms with Crippen molar-refractivity contribution < 1.29 is 13.6 Å². The van der Waals surface area contributed by atoms with Crippen molar-refractivity contribution >= 4 is 23.2 Å². The number of carbonyl (C=O) groups is 1. The maximum absolute atomic E-state index is 13.0. The molecule has 1 aromatic heterocycles. The molecule has 1 fully saturated rings. The topological polar surface area (TPSA) is 50.2 Å². The van der Waals surface area contributed by atoms with Crippen molar-refractivity contribution in [2.75, 3.05) is 18.0 Å². The molecular formula is C16H17ClF2N4O. The maximum atomic E-state index is 13.0. The van der Waals surface area contributed by atoms with Gasteiger partial charge in [-0.05, 0) is 30.7 Å². The van der Waals surface area contributed by atoms with Gasteiger partial charge in [0.25, 0.3) is 12.3 Å². The predicted octanol–water partition coefficient (Wildman–Crippen LogP) is 3.02. The summed E-state index contributed by atoms with van der Waals surface area (Å²) in [5, 5.41) is 7.15. The van der Waals surface area contributed by atoms with Gasteiger partial charge in [-0.25, -0.2) is 8.78 Å². The molecule has 8 heteroatoms. The highest BCUT2D eigenvalue weighted by atomic mass is 35.5. The van der Waals surface area contributed by atoms with E-state index in [4.69, 9.17) is 11.6 Å². The number of aryl methyl sites for hydroxylation is 1. The molecule has 128 valence electrons. The van der Waals surface area contributed by atoms with E-state index in [1.165, 1.54) is 17.9 Å². The third-order valence-corrected chi connectivity index (χ3v) is 4.28. The molecule has 1 amide bonds. The minimum Gasteiger partial charge on any atom is -0.369 e. The van der Waals surface area contributed by atoms with Crippen molar-refractivity contribution in [1.82, 2.24) is 15.1 Å². The highest BCUT2D eigenvalue weighted by molar-refractivity contribution is 6.30. The van der Waals surface area contributed by atoms with Crippen LogP contribution in [0.2, 0.25) is 5.02 Å². The van der Waals surface area contributed by atoms with Crippen molar-refractivity contribution in [2.24, 2.45) is 7.05 Å². The minimum atomic E-state index is -2.78. The average molecular weight is 355 g/mol. The maximum Gasteiger partial charge on any atom is 0.282 e. The molecule has 1 aromatic carbocycles. The van der Waals surface area contributed by atoms with Crippen LogP contribution in [-0.2, 0) is 7.05 Å². The number of nitrogens with one attached hydrogen (secondary N) is 1. The minimum absolute atomic E-state index is 0.0718. The molecule has 0 saturated carbocycles. The number of carbonyl (C=O) groups excluding carboxylic acids is 1. The number of anilines is 1. The number of benzene rings is 1. The summed E-state index contributed by atoms with van der Waals surface area (Å²) in [7, 11) is 1.51. The molecule has 3 rings (SSSR count). The van der Waals surface area contributed by atoms with Crippen molar-refractivity contribution in [3.8, 4) is 0 Å². The van der Waals surface area contributed by atoms with E-state index < -0.39 is 18.0 Å². The van der Waals surface area contributed by atoms with Crippen LogP contribution in [0.1, 0.15) is 28.9 Å². The van der Waals surface area contributed by atoms with Crippen molar-refractivity contribution in [3.63, 3.8) is 0 Å². The molecule has 5 nitrogen and oxygen atoms in total. The van der Waals surface area contributed by atoms with Crippen LogP contribution in [0.15, 0.2) is 30.5 Å². The zero-order valence-electron chi connectivity index (χ0n) is 13.0. The first-order chi connectivity index (χ1) is 11.4. The van der Waals surface area contributed by atoms with Gasteiger partial charge in [-0.2, -0.15) is 5.10 Å². The molecular weight excluding hydrogens is 338 g/mol. The predicted molar refractivity (Wildman–Crippen MR) is 87.7 cm³/mol. The number of rotatable bonds is 4. The van der Waals surface area contributed by atoms with Crippen LogP contribution in [0.4, 0.5) is 14.5 Å². The first kappa shape index (κ1) is 16.7. The summed E-state index contributed by atoms with van der Waals surface area (Å²) in [5.74, 6) is -0.513. The molecule has 2 aromatic rings. The van der Waals surface area contributed by atoms with Gasteiger partial charge in [0, 0.05) is 43.1 Å². The quantitative estimate of drug-likeness (QED) is 0.918. The lowest BCUT2D eigenvalue weighted by atomic mass is 10.2. The Balaban J connectivity index is 1.65. The molecule has 0 radical (unpaired) electrons. The molecule has 1 unspecified atom stereocenters. The third kappa shape index (κ3) is 3.51. The standard InChI is InChI=1S/C16H17ClF2N4O/c1-22-9-13(14(21-22)15(18)19)16(24)20-11-6-7-23(8-11)12-4-2-10(17)3-5-12/h2-5,9,11,15H,6-8H2,1H3,(H,20,24). The van der Waals surface area contributed by atoms with Gasteiger partial charge in [0.2, 0.25) is 0 Å². The fourth-order valence-corrected chi connectivity index (χ4v) is 3.00. The molecule has 0 bridgehead atoms. The Morgan fingerprint density at radius 2 is 2.08 bits per heavy atom. The van der Waals surface area contributed by atoms with Crippen molar-refractivity contribution in [3.05, 3.63) is 46.7 Å². The largest absolute Gasteiger partial charge is 0.369 e. The lowest BCUT2D eigenvalue weighted by molar-refractivity contribution is 0.0926. The number of aromatic nitrogens is 2. The Labute approximate surface area is 143 Å². The number of alkyl halides is 2. The lowest BCUT2D eigenvalue weighted by Gasteiger charge is -2.19. The Hall–Kier alpha value is -2.15. The lowest BCUT2D eigenvalue weighted by Crippen LogP contribution is -2.37. The summed E-state index contributed by atoms with van der Waals surface area (Å²) in [6, 6.07) is 7.37. The summed E-state index contributed by atoms with van der Waals surface area (Å²) < 4.78 is 27.1. The second-order valence-electron chi connectivity index (χ2n) is 5.78. The smallest absolute Gasteiger partial charge is 0.282 e. The second-order valence-corrected chi connectivity index (χ2v) is 6.22. The van der Waals surface area contributed by atoms with E-state index in [1.54, 1.807) is 0 Å². The molecule has 2 heterocycles. The molecule has 1 aliphatic heterocycles. The normalized spacial score (nSPS) is 17.5. The Morgan fingerprint density at radius 1 is 1.38 bits per heavy atom. The third-order valence-electron chi connectivity index (χ3n) is 4.02. The zero-order valence-corrected chi connectivity index (χ0v) is 13.8. The van der Waals surface area contributed by atoms with Crippen LogP contribution in [-0.4, -0.2) is 34.8 Å². The summed E-state index contributed by atoms with van der Waals surface area (Å²) in [6.07, 6.45) is -0.706.